The summed E-state index contributed by atoms with van der Waals surface area (Å²) >= 11 is -1.80. The van der Waals surface area contributed by atoms with Crippen molar-refractivity contribution < 1.29 is 0 Å². The molecular weight excluding hydrogens is 323 g/mol. The minimum absolute atomic E-state index is 0.917. The van der Waals surface area contributed by atoms with E-state index in [1.54, 1.807) is 5.56 Å². The maximum absolute atomic E-state index is 2.65. The number of hydrogen-bond donors (Lipinski definition) is 0. The SMILES string of the molecule is Cc1ccc([C@H]2[C@@H]3CC[C@@H](C3)[C@H]2[Sn]([CH3])([CH3])[CH3])cc1. The zero-order valence-corrected chi connectivity index (χ0v) is 15.1. The van der Waals surface area contributed by atoms with E-state index >= 15 is 0 Å². The van der Waals surface area contributed by atoms with Crippen LogP contribution in [0.1, 0.15) is 36.3 Å². The second kappa shape index (κ2) is 4.54. The van der Waals surface area contributed by atoms with Gasteiger partial charge in [0.1, 0.15) is 0 Å². The summed E-state index contributed by atoms with van der Waals surface area (Å²) in [5, 5.41) is 0. The fourth-order valence-electron chi connectivity index (χ4n) is 4.81. The Balaban J connectivity index is 1.96. The molecule has 0 aromatic heterocycles. The van der Waals surface area contributed by atoms with Crippen molar-refractivity contribution in [3.8, 4) is 0 Å². The molecule has 1 aromatic carbocycles. The number of aryl methyl sites for hydroxylation is 1. The summed E-state index contributed by atoms with van der Waals surface area (Å²) in [5.74, 6) is 3.01. The summed E-state index contributed by atoms with van der Waals surface area (Å²) in [5.41, 5.74) is 3.06. The molecule has 98 valence electrons. The van der Waals surface area contributed by atoms with Crippen LogP contribution in [-0.4, -0.2) is 18.4 Å². The summed E-state index contributed by atoms with van der Waals surface area (Å²) in [6.45, 7) is 2.20. The summed E-state index contributed by atoms with van der Waals surface area (Å²) in [4.78, 5) is 7.96. The summed E-state index contributed by atoms with van der Waals surface area (Å²) in [6.07, 6.45) is 4.57. The molecule has 2 aliphatic carbocycles. The molecule has 0 aliphatic heterocycles. The molecule has 2 bridgehead atoms. The van der Waals surface area contributed by atoms with Crippen LogP contribution in [0.3, 0.4) is 0 Å². The number of rotatable bonds is 2. The predicted molar refractivity (Wildman–Crippen MR) is 81.8 cm³/mol. The molecule has 3 rings (SSSR count). The first-order valence-corrected chi connectivity index (χ1v) is 17.7. The van der Waals surface area contributed by atoms with E-state index < -0.39 is 18.4 Å². The van der Waals surface area contributed by atoms with Crippen molar-refractivity contribution in [2.45, 2.75) is 50.9 Å². The Morgan fingerprint density at radius 3 is 2.17 bits per heavy atom. The number of hydrogen-bond acceptors (Lipinski definition) is 0. The maximum atomic E-state index is 2.65. The van der Waals surface area contributed by atoms with Crippen LogP contribution in [0.5, 0.6) is 0 Å². The van der Waals surface area contributed by atoms with E-state index in [0.717, 1.165) is 21.7 Å². The Morgan fingerprint density at radius 1 is 0.944 bits per heavy atom. The van der Waals surface area contributed by atoms with Gasteiger partial charge in [-0.2, -0.15) is 0 Å². The van der Waals surface area contributed by atoms with Crippen molar-refractivity contribution in [1.82, 2.24) is 0 Å². The number of benzene rings is 1. The van der Waals surface area contributed by atoms with Crippen molar-refractivity contribution in [1.29, 1.82) is 0 Å². The van der Waals surface area contributed by atoms with Gasteiger partial charge >= 0.3 is 116 Å². The summed E-state index contributed by atoms with van der Waals surface area (Å²) in [6, 6.07) is 9.48. The van der Waals surface area contributed by atoms with Gasteiger partial charge in [-0.05, 0) is 0 Å². The van der Waals surface area contributed by atoms with Crippen LogP contribution < -0.4 is 0 Å². The molecule has 0 unspecified atom stereocenters. The second-order valence-corrected chi connectivity index (χ2v) is 23.1. The van der Waals surface area contributed by atoms with Crippen molar-refractivity contribution in [2.24, 2.45) is 11.8 Å². The molecule has 0 spiro atoms. The Kier molecular flexibility index (Phi) is 3.28. The van der Waals surface area contributed by atoms with Gasteiger partial charge < -0.3 is 0 Å². The molecule has 0 nitrogen and oxygen atoms in total. The first kappa shape index (κ1) is 13.0. The van der Waals surface area contributed by atoms with Gasteiger partial charge in [0, 0.05) is 0 Å². The van der Waals surface area contributed by atoms with E-state index in [2.05, 4.69) is 46.0 Å². The van der Waals surface area contributed by atoms with Crippen LogP contribution in [0.25, 0.3) is 0 Å². The van der Waals surface area contributed by atoms with E-state index in [0.29, 0.717) is 0 Å². The molecule has 18 heavy (non-hydrogen) atoms. The van der Waals surface area contributed by atoms with Crippen molar-refractivity contribution in [2.75, 3.05) is 0 Å². The second-order valence-electron chi connectivity index (χ2n) is 7.66. The Labute approximate surface area is 116 Å². The molecule has 2 saturated carbocycles. The Hall–Kier alpha value is 0.0187. The van der Waals surface area contributed by atoms with Gasteiger partial charge in [-0.1, -0.05) is 0 Å². The average Bonchev–Trinajstić information content (AvgIpc) is 2.88. The van der Waals surface area contributed by atoms with E-state index in [1.807, 2.05) is 0 Å². The Bertz CT molecular complexity index is 426. The first-order valence-electron chi connectivity index (χ1n) is 7.53. The topological polar surface area (TPSA) is 0 Å². The van der Waals surface area contributed by atoms with E-state index in [4.69, 9.17) is 0 Å². The van der Waals surface area contributed by atoms with Gasteiger partial charge in [-0.25, -0.2) is 0 Å². The Morgan fingerprint density at radius 2 is 1.56 bits per heavy atom. The molecule has 1 aromatic rings. The normalized spacial score (nSPS) is 35.1. The van der Waals surface area contributed by atoms with E-state index in [1.165, 1.54) is 24.8 Å². The van der Waals surface area contributed by atoms with Gasteiger partial charge in [0.2, 0.25) is 0 Å². The van der Waals surface area contributed by atoms with Crippen molar-refractivity contribution in [3.63, 3.8) is 0 Å². The predicted octanol–water partition coefficient (Wildman–Crippen LogP) is 5.22. The van der Waals surface area contributed by atoms with Crippen LogP contribution in [0, 0.1) is 18.8 Å². The molecule has 0 N–H and O–H groups in total. The van der Waals surface area contributed by atoms with Gasteiger partial charge in [0.25, 0.3) is 0 Å². The van der Waals surface area contributed by atoms with Crippen LogP contribution in [-0.2, 0) is 0 Å². The van der Waals surface area contributed by atoms with Gasteiger partial charge in [-0.3, -0.25) is 0 Å². The first-order chi connectivity index (χ1) is 8.47. The molecule has 0 heterocycles. The molecule has 2 fully saturated rings. The molecular formula is C17H26Sn. The summed E-state index contributed by atoms with van der Waals surface area (Å²) in [7, 11) is 0. The summed E-state index contributed by atoms with van der Waals surface area (Å²) < 4.78 is 1.10. The molecule has 0 saturated heterocycles. The molecule has 0 radical (unpaired) electrons. The molecule has 1 heteroatoms. The quantitative estimate of drug-likeness (QED) is 0.643. The van der Waals surface area contributed by atoms with Gasteiger partial charge in [0.05, 0.1) is 0 Å². The molecule has 2 aliphatic rings. The molecule has 4 atom stereocenters. The van der Waals surface area contributed by atoms with Crippen molar-refractivity contribution in [3.05, 3.63) is 35.4 Å². The van der Waals surface area contributed by atoms with Crippen molar-refractivity contribution >= 4 is 18.4 Å². The fraction of sp³-hybridized carbons (Fsp3) is 0.647. The van der Waals surface area contributed by atoms with Crippen LogP contribution >= 0.6 is 0 Å². The minimum atomic E-state index is -1.80. The zero-order valence-electron chi connectivity index (χ0n) is 12.2. The van der Waals surface area contributed by atoms with Crippen LogP contribution in [0.2, 0.25) is 18.8 Å². The third-order valence-corrected chi connectivity index (χ3v) is 13.5. The van der Waals surface area contributed by atoms with Crippen LogP contribution in [0.15, 0.2) is 24.3 Å². The third kappa shape index (κ3) is 2.15. The van der Waals surface area contributed by atoms with Gasteiger partial charge in [-0.15, -0.1) is 0 Å². The van der Waals surface area contributed by atoms with E-state index in [-0.39, 0.29) is 0 Å². The van der Waals surface area contributed by atoms with Gasteiger partial charge in [0.15, 0.2) is 0 Å². The van der Waals surface area contributed by atoms with Crippen LogP contribution in [0.4, 0.5) is 0 Å². The zero-order chi connectivity index (χ0) is 12.9. The standard InChI is InChI=1S/C14H17.3CH3.Sn/c1-10-2-5-12(6-3-10)14-9-11-4-7-13(14)8-11;;;;/h2-3,5-6,9,11,13-14H,4,7-8H2,1H3;3*1H3;/t11-,13+,14-;;;;/m0..../s1. The fourth-order valence-corrected chi connectivity index (χ4v) is 14.1. The molecule has 0 amide bonds. The monoisotopic (exact) mass is 350 g/mol. The third-order valence-electron chi connectivity index (χ3n) is 5.38. The van der Waals surface area contributed by atoms with E-state index in [9.17, 15) is 0 Å². The average molecular weight is 349 g/mol. The number of fused-ring (bicyclic) bond motifs is 2.